The molecule has 198 valence electrons. The Bertz CT molecular complexity index is 1110. The molecule has 0 unspecified atom stereocenters. The standard InChI is InChI=1S/C23H30N8O5S/c24-22(25)27-15-7-4-6-14(12-15)19(32)29-30-23(36)26-13-17(21(34)35)28-20(33)18-10-5-11-31(18)37-16-8-2-1-3-9-16/h1-4,6-9,12,17-18,21,34-35H,5,10-11,13H2,(H,28,33)(H,29,32)(H4,24,25,27)(H2,26,30,36)/t17-,18-/m0/s1. The fourth-order valence-corrected chi connectivity index (χ4v) is 4.63. The van der Waals surface area contributed by atoms with Crippen molar-refractivity contribution in [2.24, 2.45) is 16.5 Å². The Hall–Kier alpha value is -3.85. The van der Waals surface area contributed by atoms with Crippen LogP contribution in [-0.4, -0.2) is 69.8 Å². The summed E-state index contributed by atoms with van der Waals surface area (Å²) in [6.07, 6.45) is -0.488. The second-order valence-electron chi connectivity index (χ2n) is 8.11. The number of urea groups is 1. The third-order valence-electron chi connectivity index (χ3n) is 5.30. The number of aliphatic hydroxyl groups excluding tert-OH is 1. The minimum atomic E-state index is -1.92. The van der Waals surface area contributed by atoms with Crippen LogP contribution in [0.15, 0.2) is 64.5 Å². The summed E-state index contributed by atoms with van der Waals surface area (Å²) < 4.78 is 1.95. The highest BCUT2D eigenvalue weighted by atomic mass is 32.2. The summed E-state index contributed by atoms with van der Waals surface area (Å²) in [6.45, 7) is 0.406. The smallest absolute Gasteiger partial charge is 0.333 e. The quantitative estimate of drug-likeness (QED) is 0.0690. The SMILES string of the molecule is NC(N)=Nc1cccc(C(=O)NNC(=O)NC[C@H](NC(=O)[C@@H]2CCCN2Sc2ccccc2)C(O)O)c1. The fraction of sp³-hybridized carbons (Fsp3) is 0.304. The van der Waals surface area contributed by atoms with Gasteiger partial charge in [0, 0.05) is 23.5 Å². The summed E-state index contributed by atoms with van der Waals surface area (Å²) in [5.41, 5.74) is 15.6. The Morgan fingerprint density at radius 3 is 2.54 bits per heavy atom. The molecule has 10 N–H and O–H groups in total. The van der Waals surface area contributed by atoms with Crippen molar-refractivity contribution in [3.63, 3.8) is 0 Å². The van der Waals surface area contributed by atoms with E-state index in [9.17, 15) is 24.6 Å². The van der Waals surface area contributed by atoms with Crippen LogP contribution in [0.5, 0.6) is 0 Å². The predicted molar refractivity (Wildman–Crippen MR) is 138 cm³/mol. The summed E-state index contributed by atoms with van der Waals surface area (Å²) >= 11 is 1.46. The average molecular weight is 531 g/mol. The minimum Gasteiger partial charge on any atom is -0.370 e. The molecule has 13 nitrogen and oxygen atoms in total. The monoisotopic (exact) mass is 530 g/mol. The van der Waals surface area contributed by atoms with E-state index < -0.39 is 30.3 Å². The highest BCUT2D eigenvalue weighted by molar-refractivity contribution is 7.97. The van der Waals surface area contributed by atoms with E-state index in [1.54, 1.807) is 12.1 Å². The predicted octanol–water partition coefficient (Wildman–Crippen LogP) is -0.497. The van der Waals surface area contributed by atoms with Gasteiger partial charge < -0.3 is 32.3 Å². The number of hydrazine groups is 1. The van der Waals surface area contributed by atoms with Crippen LogP contribution in [0.25, 0.3) is 0 Å². The molecule has 1 aliphatic heterocycles. The highest BCUT2D eigenvalue weighted by Gasteiger charge is 2.33. The molecule has 2 atom stereocenters. The number of aliphatic imine (C=N–C) groups is 1. The third kappa shape index (κ3) is 8.64. The first-order valence-corrected chi connectivity index (χ1v) is 12.2. The summed E-state index contributed by atoms with van der Waals surface area (Å²) in [5, 5.41) is 24.4. The number of nitrogens with two attached hydrogens (primary N) is 2. The molecule has 0 aromatic heterocycles. The third-order valence-corrected chi connectivity index (χ3v) is 6.45. The number of hydrogen-bond donors (Lipinski definition) is 8. The Balaban J connectivity index is 1.48. The van der Waals surface area contributed by atoms with Crippen LogP contribution in [0.2, 0.25) is 0 Å². The average Bonchev–Trinajstić information content (AvgIpc) is 3.33. The van der Waals surface area contributed by atoms with E-state index in [0.29, 0.717) is 18.7 Å². The zero-order valence-electron chi connectivity index (χ0n) is 19.8. The molecule has 1 saturated heterocycles. The molecule has 37 heavy (non-hydrogen) atoms. The van der Waals surface area contributed by atoms with Crippen molar-refractivity contribution < 1.29 is 24.6 Å². The van der Waals surface area contributed by atoms with E-state index >= 15 is 0 Å². The molecule has 0 spiro atoms. The Labute approximate surface area is 217 Å². The second kappa shape index (κ2) is 13.5. The highest BCUT2D eigenvalue weighted by Crippen LogP contribution is 2.31. The van der Waals surface area contributed by atoms with E-state index in [4.69, 9.17) is 11.5 Å². The summed E-state index contributed by atoms with van der Waals surface area (Å²) in [7, 11) is 0. The van der Waals surface area contributed by atoms with Gasteiger partial charge in [0.15, 0.2) is 12.2 Å². The minimum absolute atomic E-state index is 0.168. The number of amides is 4. The van der Waals surface area contributed by atoms with Gasteiger partial charge in [-0.15, -0.1) is 0 Å². The molecule has 4 amide bonds. The maximum atomic E-state index is 12.9. The Morgan fingerprint density at radius 1 is 1.08 bits per heavy atom. The molecular weight excluding hydrogens is 500 g/mol. The normalized spacial score (nSPS) is 16.0. The number of benzene rings is 2. The van der Waals surface area contributed by atoms with Gasteiger partial charge >= 0.3 is 6.03 Å². The summed E-state index contributed by atoms with van der Waals surface area (Å²) in [4.78, 5) is 42.1. The van der Waals surface area contributed by atoms with Gasteiger partial charge in [0.05, 0.1) is 17.8 Å². The van der Waals surface area contributed by atoms with Gasteiger partial charge in [-0.05, 0) is 55.1 Å². The van der Waals surface area contributed by atoms with Gasteiger partial charge in [-0.3, -0.25) is 15.0 Å². The van der Waals surface area contributed by atoms with E-state index in [0.717, 1.165) is 11.3 Å². The number of rotatable bonds is 9. The number of nitrogens with zero attached hydrogens (tertiary/aromatic N) is 2. The molecule has 14 heteroatoms. The van der Waals surface area contributed by atoms with Gasteiger partial charge in [-0.1, -0.05) is 24.3 Å². The zero-order valence-corrected chi connectivity index (χ0v) is 20.6. The lowest BCUT2D eigenvalue weighted by Crippen LogP contribution is -2.56. The Morgan fingerprint density at radius 2 is 1.84 bits per heavy atom. The number of guanidine groups is 1. The van der Waals surface area contributed by atoms with Crippen molar-refractivity contribution in [1.29, 1.82) is 0 Å². The first-order chi connectivity index (χ1) is 17.7. The number of carbonyl (C=O) groups excluding carboxylic acids is 3. The van der Waals surface area contributed by atoms with Crippen LogP contribution >= 0.6 is 11.9 Å². The second-order valence-corrected chi connectivity index (χ2v) is 9.23. The van der Waals surface area contributed by atoms with Gasteiger partial charge in [0.2, 0.25) is 5.91 Å². The topological polar surface area (TPSA) is 207 Å². The van der Waals surface area contributed by atoms with Crippen molar-refractivity contribution >= 4 is 41.4 Å². The van der Waals surface area contributed by atoms with Gasteiger partial charge in [0.1, 0.15) is 0 Å². The van der Waals surface area contributed by atoms with Crippen LogP contribution < -0.4 is 33.0 Å². The van der Waals surface area contributed by atoms with Crippen molar-refractivity contribution in [3.05, 3.63) is 60.2 Å². The molecule has 1 aliphatic rings. The Kier molecular flexibility index (Phi) is 10.1. The van der Waals surface area contributed by atoms with Gasteiger partial charge in [-0.25, -0.2) is 19.5 Å². The number of hydrogen-bond acceptors (Lipinski definition) is 8. The molecule has 0 aliphatic carbocycles. The molecule has 0 saturated carbocycles. The van der Waals surface area contributed by atoms with E-state index in [1.165, 1.54) is 24.1 Å². The zero-order chi connectivity index (χ0) is 26.8. The van der Waals surface area contributed by atoms with Gasteiger partial charge in [0.25, 0.3) is 5.91 Å². The van der Waals surface area contributed by atoms with Crippen LogP contribution in [0, 0.1) is 0 Å². The first-order valence-electron chi connectivity index (χ1n) is 11.4. The lowest BCUT2D eigenvalue weighted by Gasteiger charge is -2.26. The lowest BCUT2D eigenvalue weighted by atomic mass is 10.2. The van der Waals surface area contributed by atoms with E-state index in [2.05, 4.69) is 26.5 Å². The largest absolute Gasteiger partial charge is 0.370 e. The lowest BCUT2D eigenvalue weighted by molar-refractivity contribution is -0.129. The molecule has 2 aromatic carbocycles. The van der Waals surface area contributed by atoms with E-state index in [-0.39, 0.29) is 24.0 Å². The van der Waals surface area contributed by atoms with E-state index in [1.807, 2.05) is 34.6 Å². The summed E-state index contributed by atoms with van der Waals surface area (Å²) in [6, 6.07) is 13.2. The maximum Gasteiger partial charge on any atom is 0.333 e. The maximum absolute atomic E-state index is 12.9. The molecule has 1 fully saturated rings. The van der Waals surface area contributed by atoms with Crippen molar-refractivity contribution in [1.82, 2.24) is 25.8 Å². The molecule has 0 bridgehead atoms. The number of nitrogens with one attached hydrogen (secondary N) is 4. The molecule has 2 aromatic rings. The van der Waals surface area contributed by atoms with Crippen LogP contribution in [-0.2, 0) is 4.79 Å². The molecular formula is C23H30N8O5S. The fourth-order valence-electron chi connectivity index (χ4n) is 3.54. The first kappa shape index (κ1) is 27.7. The van der Waals surface area contributed by atoms with Crippen LogP contribution in [0.3, 0.4) is 0 Å². The molecule has 3 rings (SSSR count). The molecule has 0 radical (unpaired) electrons. The number of carbonyl (C=O) groups is 3. The van der Waals surface area contributed by atoms with Crippen molar-refractivity contribution in [2.75, 3.05) is 13.1 Å². The van der Waals surface area contributed by atoms with Gasteiger partial charge in [-0.2, -0.15) is 0 Å². The van der Waals surface area contributed by atoms with Crippen molar-refractivity contribution in [3.8, 4) is 0 Å². The summed E-state index contributed by atoms with van der Waals surface area (Å²) in [5.74, 6) is -1.18. The van der Waals surface area contributed by atoms with Crippen LogP contribution in [0.4, 0.5) is 10.5 Å². The molecule has 1 heterocycles. The van der Waals surface area contributed by atoms with Crippen molar-refractivity contribution in [2.45, 2.75) is 36.1 Å². The number of aliphatic hydroxyl groups is 2. The van der Waals surface area contributed by atoms with Crippen LogP contribution in [0.1, 0.15) is 23.2 Å².